The van der Waals surface area contributed by atoms with Crippen LogP contribution in [0.15, 0.2) is 54.4 Å². The minimum atomic E-state index is -0.0418. The van der Waals surface area contributed by atoms with E-state index < -0.39 is 0 Å². The van der Waals surface area contributed by atoms with Crippen LogP contribution >= 0.6 is 0 Å². The molecule has 0 atom stereocenters. The first kappa shape index (κ1) is 15.9. The fourth-order valence-corrected chi connectivity index (χ4v) is 2.64. The van der Waals surface area contributed by atoms with Crippen molar-refractivity contribution < 1.29 is 4.79 Å². The van der Waals surface area contributed by atoms with Crippen LogP contribution in [-0.2, 0) is 4.79 Å². The lowest BCUT2D eigenvalue weighted by molar-refractivity contribution is -0.117. The normalized spacial score (nSPS) is 14.3. The minimum absolute atomic E-state index is 0.0418. The summed E-state index contributed by atoms with van der Waals surface area (Å²) >= 11 is 0. The number of rotatable bonds is 4. The van der Waals surface area contributed by atoms with E-state index in [4.69, 9.17) is 0 Å². The number of aryl methyl sites for hydroxylation is 1. The number of nitrogens with zero attached hydrogens (tertiary/aromatic N) is 2. The van der Waals surface area contributed by atoms with Gasteiger partial charge in [-0.15, -0.1) is 0 Å². The lowest BCUT2D eigenvalue weighted by atomic mass is 10.1. The van der Waals surface area contributed by atoms with Crippen LogP contribution < -0.4 is 10.6 Å². The molecule has 2 aromatic rings. The highest BCUT2D eigenvalue weighted by Crippen LogP contribution is 2.21. The van der Waals surface area contributed by atoms with Crippen LogP contribution in [-0.4, -0.2) is 22.4 Å². The quantitative estimate of drug-likeness (QED) is 0.909. The third kappa shape index (κ3) is 3.20. The average Bonchev–Trinajstić information content (AvgIpc) is 2.59. The molecule has 0 saturated carbocycles. The number of aromatic nitrogens is 2. The van der Waals surface area contributed by atoms with Gasteiger partial charge in [-0.05, 0) is 25.5 Å². The van der Waals surface area contributed by atoms with Gasteiger partial charge in [0.25, 0.3) is 0 Å². The second kappa shape index (κ2) is 6.66. The molecule has 1 aromatic carbocycles. The maximum atomic E-state index is 11.7. The first-order valence-corrected chi connectivity index (χ1v) is 7.89. The predicted molar refractivity (Wildman–Crippen MR) is 94.7 cm³/mol. The Bertz CT molecular complexity index is 839. The largest absolute Gasteiger partial charge is 0.357 e. The number of nitrogens with one attached hydrogen (secondary N) is 2. The second-order valence-corrected chi connectivity index (χ2v) is 5.79. The van der Waals surface area contributed by atoms with Gasteiger partial charge in [-0.2, -0.15) is 0 Å². The SMILES string of the molecule is C=C(NC1=C(C)C(=O)NCC1)c1ccnc(-c2ccccc2C)n1. The fraction of sp³-hybridized carbons (Fsp3) is 0.211. The zero-order valence-electron chi connectivity index (χ0n) is 13.9. The molecule has 0 saturated heterocycles. The van der Waals surface area contributed by atoms with E-state index in [9.17, 15) is 4.79 Å². The molecule has 0 unspecified atom stereocenters. The third-order valence-electron chi connectivity index (χ3n) is 4.11. The number of benzene rings is 1. The van der Waals surface area contributed by atoms with Gasteiger partial charge in [-0.1, -0.05) is 30.8 Å². The smallest absolute Gasteiger partial charge is 0.248 e. The van der Waals surface area contributed by atoms with Crippen molar-refractivity contribution in [2.75, 3.05) is 6.54 Å². The summed E-state index contributed by atoms with van der Waals surface area (Å²) in [6.07, 6.45) is 2.48. The van der Waals surface area contributed by atoms with Crippen LogP contribution in [0.1, 0.15) is 24.6 Å². The third-order valence-corrected chi connectivity index (χ3v) is 4.11. The van der Waals surface area contributed by atoms with Crippen LogP contribution in [0.2, 0.25) is 0 Å². The molecule has 2 N–H and O–H groups in total. The van der Waals surface area contributed by atoms with E-state index in [-0.39, 0.29) is 5.91 Å². The van der Waals surface area contributed by atoms with Gasteiger partial charge < -0.3 is 10.6 Å². The molecule has 5 nitrogen and oxygen atoms in total. The minimum Gasteiger partial charge on any atom is -0.357 e. The Morgan fingerprint density at radius 3 is 2.83 bits per heavy atom. The van der Waals surface area contributed by atoms with Crippen molar-refractivity contribution in [3.63, 3.8) is 0 Å². The van der Waals surface area contributed by atoms with E-state index in [1.165, 1.54) is 0 Å². The molecular weight excluding hydrogens is 300 g/mol. The van der Waals surface area contributed by atoms with Gasteiger partial charge in [0.05, 0.1) is 11.4 Å². The van der Waals surface area contributed by atoms with Crippen LogP contribution in [0.4, 0.5) is 0 Å². The molecule has 2 heterocycles. The van der Waals surface area contributed by atoms with Crippen molar-refractivity contribution in [1.29, 1.82) is 0 Å². The highest BCUT2D eigenvalue weighted by atomic mass is 16.1. The van der Waals surface area contributed by atoms with Crippen molar-refractivity contribution in [3.8, 4) is 11.4 Å². The summed E-state index contributed by atoms with van der Waals surface area (Å²) in [6.45, 7) is 8.54. The molecule has 1 aliphatic heterocycles. The molecule has 0 bridgehead atoms. The second-order valence-electron chi connectivity index (χ2n) is 5.79. The molecule has 122 valence electrons. The van der Waals surface area contributed by atoms with Gasteiger partial charge in [0.15, 0.2) is 5.82 Å². The number of amides is 1. The Hall–Kier alpha value is -2.95. The maximum Gasteiger partial charge on any atom is 0.248 e. The number of hydrogen-bond donors (Lipinski definition) is 2. The molecule has 0 fully saturated rings. The van der Waals surface area contributed by atoms with Crippen LogP contribution in [0, 0.1) is 6.92 Å². The Labute approximate surface area is 141 Å². The number of carbonyl (C=O) groups excluding carboxylic acids is 1. The van der Waals surface area contributed by atoms with Crippen LogP contribution in [0.5, 0.6) is 0 Å². The van der Waals surface area contributed by atoms with Gasteiger partial charge in [0.2, 0.25) is 5.91 Å². The maximum absolute atomic E-state index is 11.7. The van der Waals surface area contributed by atoms with Crippen molar-refractivity contribution in [2.24, 2.45) is 0 Å². The van der Waals surface area contributed by atoms with E-state index in [1.54, 1.807) is 6.20 Å². The van der Waals surface area contributed by atoms with Gasteiger partial charge in [-0.25, -0.2) is 9.97 Å². The van der Waals surface area contributed by atoms with Crippen molar-refractivity contribution in [2.45, 2.75) is 20.3 Å². The summed E-state index contributed by atoms with van der Waals surface area (Å²) in [5.74, 6) is 0.625. The summed E-state index contributed by atoms with van der Waals surface area (Å²) in [7, 11) is 0. The van der Waals surface area contributed by atoms with Gasteiger partial charge in [-0.3, -0.25) is 4.79 Å². The van der Waals surface area contributed by atoms with E-state index >= 15 is 0 Å². The Balaban J connectivity index is 1.87. The monoisotopic (exact) mass is 320 g/mol. The standard InChI is InChI=1S/C19H20N4O/c1-12-6-4-5-7-15(12)18-20-10-9-17(23-18)14(3)22-16-8-11-21-19(24)13(16)2/h4-7,9-10,22H,3,8,11H2,1-2H3,(H,21,24). The number of carbonyl (C=O) groups is 1. The lowest BCUT2D eigenvalue weighted by Gasteiger charge is -2.20. The average molecular weight is 320 g/mol. The lowest BCUT2D eigenvalue weighted by Crippen LogP contribution is -2.34. The Kier molecular flexibility index (Phi) is 4.42. The molecule has 0 spiro atoms. The van der Waals surface area contributed by atoms with Gasteiger partial charge in [0, 0.05) is 36.0 Å². The molecule has 1 aliphatic rings. The van der Waals surface area contributed by atoms with Crippen molar-refractivity contribution >= 4 is 11.6 Å². The highest BCUT2D eigenvalue weighted by Gasteiger charge is 2.17. The van der Waals surface area contributed by atoms with Crippen LogP contribution in [0.25, 0.3) is 17.1 Å². The van der Waals surface area contributed by atoms with Gasteiger partial charge in [0.1, 0.15) is 0 Å². The summed E-state index contributed by atoms with van der Waals surface area (Å²) in [4.78, 5) is 20.7. The van der Waals surface area contributed by atoms with E-state index in [0.29, 0.717) is 23.6 Å². The topological polar surface area (TPSA) is 66.9 Å². The zero-order valence-corrected chi connectivity index (χ0v) is 13.9. The summed E-state index contributed by atoms with van der Waals surface area (Å²) < 4.78 is 0. The summed E-state index contributed by atoms with van der Waals surface area (Å²) in [5, 5.41) is 6.06. The van der Waals surface area contributed by atoms with Crippen LogP contribution in [0.3, 0.4) is 0 Å². The molecule has 5 heteroatoms. The highest BCUT2D eigenvalue weighted by molar-refractivity contribution is 5.94. The van der Waals surface area contributed by atoms with E-state index in [0.717, 1.165) is 28.9 Å². The van der Waals surface area contributed by atoms with Crippen molar-refractivity contribution in [3.05, 3.63) is 65.6 Å². The summed E-state index contributed by atoms with van der Waals surface area (Å²) in [5.41, 5.74) is 5.08. The predicted octanol–water partition coefficient (Wildman–Crippen LogP) is 2.81. The molecule has 1 amide bonds. The number of hydrogen-bond acceptors (Lipinski definition) is 4. The van der Waals surface area contributed by atoms with Gasteiger partial charge >= 0.3 is 0 Å². The molecule has 1 aromatic heterocycles. The Morgan fingerprint density at radius 1 is 1.25 bits per heavy atom. The first-order valence-electron chi connectivity index (χ1n) is 7.89. The van der Waals surface area contributed by atoms with Crippen molar-refractivity contribution in [1.82, 2.24) is 20.6 Å². The summed E-state index contributed by atoms with van der Waals surface area (Å²) in [6, 6.07) is 9.82. The zero-order chi connectivity index (χ0) is 17.1. The molecule has 0 radical (unpaired) electrons. The van der Waals surface area contributed by atoms with E-state index in [1.807, 2.05) is 44.2 Å². The van der Waals surface area contributed by atoms with E-state index in [2.05, 4.69) is 27.2 Å². The first-order chi connectivity index (χ1) is 11.6. The molecule has 0 aliphatic carbocycles. The Morgan fingerprint density at radius 2 is 2.04 bits per heavy atom. The molecular formula is C19H20N4O. The molecule has 3 rings (SSSR count). The fourth-order valence-electron chi connectivity index (χ4n) is 2.64. The molecule has 24 heavy (non-hydrogen) atoms.